The quantitative estimate of drug-likeness (QED) is 0.829. The molecule has 1 unspecified atom stereocenters. The molecule has 1 amide bonds. The van der Waals surface area contributed by atoms with E-state index in [2.05, 4.69) is 11.4 Å². The topological polar surface area (TPSA) is 78.9 Å². The molecule has 4 heteroatoms. The number of aryl methyl sites for hydroxylation is 1. The second-order valence-corrected chi connectivity index (χ2v) is 3.94. The Kier molecular flexibility index (Phi) is 4.68. The minimum absolute atomic E-state index is 0.128. The highest BCUT2D eigenvalue weighted by molar-refractivity contribution is 5.94. The molecular formula is C13H17N3O. The number of carbonyl (C=O) groups excluding carboxylic acids is 1. The van der Waals surface area contributed by atoms with Gasteiger partial charge in [-0.15, -0.1) is 0 Å². The molecular weight excluding hydrogens is 214 g/mol. The van der Waals surface area contributed by atoms with E-state index in [0.717, 1.165) is 5.56 Å². The summed E-state index contributed by atoms with van der Waals surface area (Å²) >= 11 is 0. The van der Waals surface area contributed by atoms with Gasteiger partial charge in [0.1, 0.15) is 6.07 Å². The van der Waals surface area contributed by atoms with Crippen molar-refractivity contribution in [3.8, 4) is 6.07 Å². The van der Waals surface area contributed by atoms with Crippen molar-refractivity contribution in [1.29, 1.82) is 5.26 Å². The second-order valence-electron chi connectivity index (χ2n) is 3.94. The fraction of sp³-hybridized carbons (Fsp3) is 0.385. The maximum Gasteiger partial charge on any atom is 0.228 e. The van der Waals surface area contributed by atoms with Crippen molar-refractivity contribution in [2.45, 2.75) is 20.3 Å². The van der Waals surface area contributed by atoms with Crippen molar-refractivity contribution in [3.05, 3.63) is 29.3 Å². The molecule has 3 N–H and O–H groups in total. The van der Waals surface area contributed by atoms with Gasteiger partial charge in [0.05, 0.1) is 17.2 Å². The number of rotatable bonds is 4. The summed E-state index contributed by atoms with van der Waals surface area (Å²) in [6, 6.07) is 7.48. The lowest BCUT2D eigenvalue weighted by Crippen LogP contribution is -2.28. The molecule has 1 rings (SSSR count). The Morgan fingerprint density at radius 2 is 2.29 bits per heavy atom. The fourth-order valence-corrected chi connectivity index (χ4v) is 1.61. The number of nitrogens with one attached hydrogen (secondary N) is 1. The lowest BCUT2D eigenvalue weighted by molar-refractivity contribution is -0.119. The average Bonchev–Trinajstić information content (AvgIpc) is 2.31. The molecule has 0 heterocycles. The van der Waals surface area contributed by atoms with Gasteiger partial charge in [-0.3, -0.25) is 4.79 Å². The highest BCUT2D eigenvalue weighted by atomic mass is 16.1. The minimum atomic E-state index is -0.206. The molecule has 0 fully saturated rings. The molecule has 90 valence electrons. The molecule has 0 saturated carbocycles. The van der Waals surface area contributed by atoms with Crippen LogP contribution in [0.3, 0.4) is 0 Å². The number of amides is 1. The minimum Gasteiger partial charge on any atom is -0.330 e. The third-order valence-electron chi connectivity index (χ3n) is 2.79. The van der Waals surface area contributed by atoms with Crippen LogP contribution in [0.4, 0.5) is 5.69 Å². The summed E-state index contributed by atoms with van der Waals surface area (Å²) in [6.45, 7) is 4.07. The van der Waals surface area contributed by atoms with Crippen LogP contribution < -0.4 is 11.1 Å². The molecule has 0 spiro atoms. The van der Waals surface area contributed by atoms with E-state index in [0.29, 0.717) is 24.2 Å². The maximum atomic E-state index is 11.9. The van der Waals surface area contributed by atoms with Crippen LogP contribution in [0.1, 0.15) is 24.5 Å². The van der Waals surface area contributed by atoms with Crippen molar-refractivity contribution in [2.75, 3.05) is 11.9 Å². The van der Waals surface area contributed by atoms with Crippen molar-refractivity contribution >= 4 is 11.6 Å². The van der Waals surface area contributed by atoms with Crippen LogP contribution >= 0.6 is 0 Å². The van der Waals surface area contributed by atoms with E-state index >= 15 is 0 Å². The molecule has 1 aromatic rings. The molecule has 4 nitrogen and oxygen atoms in total. The van der Waals surface area contributed by atoms with Gasteiger partial charge in [-0.25, -0.2) is 0 Å². The Hall–Kier alpha value is -1.86. The molecule has 0 aromatic heterocycles. The van der Waals surface area contributed by atoms with E-state index in [1.165, 1.54) is 0 Å². The van der Waals surface area contributed by atoms with Crippen molar-refractivity contribution in [1.82, 2.24) is 0 Å². The van der Waals surface area contributed by atoms with Crippen LogP contribution in [-0.4, -0.2) is 12.5 Å². The van der Waals surface area contributed by atoms with E-state index < -0.39 is 0 Å². The van der Waals surface area contributed by atoms with E-state index in [9.17, 15) is 4.79 Å². The third-order valence-corrected chi connectivity index (χ3v) is 2.79. The van der Waals surface area contributed by atoms with E-state index in [1.807, 2.05) is 26.0 Å². The van der Waals surface area contributed by atoms with E-state index in [1.54, 1.807) is 6.07 Å². The maximum absolute atomic E-state index is 11.9. The van der Waals surface area contributed by atoms with Gasteiger partial charge in [0, 0.05) is 6.54 Å². The predicted molar refractivity (Wildman–Crippen MR) is 67.4 cm³/mol. The number of hydrogen-bond acceptors (Lipinski definition) is 3. The van der Waals surface area contributed by atoms with Crippen LogP contribution in [-0.2, 0) is 4.79 Å². The highest BCUT2D eigenvalue weighted by Crippen LogP contribution is 2.19. The fourth-order valence-electron chi connectivity index (χ4n) is 1.61. The largest absolute Gasteiger partial charge is 0.330 e. The second kappa shape index (κ2) is 6.02. The first-order valence-corrected chi connectivity index (χ1v) is 5.64. The summed E-state index contributed by atoms with van der Waals surface area (Å²) in [6.07, 6.45) is 0.691. The van der Waals surface area contributed by atoms with Crippen LogP contribution in [0, 0.1) is 24.2 Å². The average molecular weight is 231 g/mol. The normalized spacial score (nSPS) is 11.6. The summed E-state index contributed by atoms with van der Waals surface area (Å²) in [7, 11) is 0. The first-order valence-electron chi connectivity index (χ1n) is 5.64. The number of hydrogen-bond donors (Lipinski definition) is 2. The lowest BCUT2D eigenvalue weighted by atomic mass is 10.0. The Bertz CT molecular complexity index is 444. The molecule has 0 radical (unpaired) electrons. The summed E-state index contributed by atoms with van der Waals surface area (Å²) in [5, 5.41) is 11.8. The van der Waals surface area contributed by atoms with Gasteiger partial charge < -0.3 is 11.1 Å². The van der Waals surface area contributed by atoms with Gasteiger partial charge >= 0.3 is 0 Å². The molecule has 1 atom stereocenters. The zero-order valence-electron chi connectivity index (χ0n) is 10.2. The number of nitrogens with two attached hydrogens (primary N) is 1. The Labute approximate surface area is 101 Å². The van der Waals surface area contributed by atoms with Crippen molar-refractivity contribution < 1.29 is 4.79 Å². The Morgan fingerprint density at radius 3 is 2.82 bits per heavy atom. The van der Waals surface area contributed by atoms with Crippen molar-refractivity contribution in [3.63, 3.8) is 0 Å². The molecule has 0 aliphatic carbocycles. The summed E-state index contributed by atoms with van der Waals surface area (Å²) in [5.41, 5.74) is 7.43. The first-order chi connectivity index (χ1) is 8.13. The number of nitrogens with zero attached hydrogens (tertiary/aromatic N) is 1. The number of carbonyl (C=O) groups is 1. The van der Waals surface area contributed by atoms with Crippen molar-refractivity contribution in [2.24, 2.45) is 11.7 Å². The molecule has 0 aliphatic heterocycles. The summed E-state index contributed by atoms with van der Waals surface area (Å²) in [5.74, 6) is -0.334. The standard InChI is InChI=1S/C13H17N3O/c1-3-10(7-14)13(17)16-12-6-4-5-9(2)11(12)8-15/h4-6,10H,3,7,14H2,1-2H3,(H,16,17). The van der Waals surface area contributed by atoms with Gasteiger partial charge in [-0.2, -0.15) is 5.26 Å². The van der Waals surface area contributed by atoms with Gasteiger partial charge in [0.2, 0.25) is 5.91 Å². The monoisotopic (exact) mass is 231 g/mol. The van der Waals surface area contributed by atoms with Crippen LogP contribution in [0.2, 0.25) is 0 Å². The zero-order valence-corrected chi connectivity index (χ0v) is 10.2. The molecule has 17 heavy (non-hydrogen) atoms. The lowest BCUT2D eigenvalue weighted by Gasteiger charge is -2.14. The van der Waals surface area contributed by atoms with E-state index in [-0.39, 0.29) is 11.8 Å². The molecule has 0 bridgehead atoms. The first kappa shape index (κ1) is 13.2. The van der Waals surface area contributed by atoms with Crippen LogP contribution in [0.25, 0.3) is 0 Å². The number of nitriles is 1. The third kappa shape index (κ3) is 3.05. The molecule has 0 aliphatic rings. The Balaban J connectivity index is 2.93. The number of benzene rings is 1. The molecule has 1 aromatic carbocycles. The summed E-state index contributed by atoms with van der Waals surface area (Å²) < 4.78 is 0. The Morgan fingerprint density at radius 1 is 1.59 bits per heavy atom. The smallest absolute Gasteiger partial charge is 0.228 e. The predicted octanol–water partition coefficient (Wildman–Crippen LogP) is 1.79. The van der Waals surface area contributed by atoms with Gasteiger partial charge in [-0.1, -0.05) is 19.1 Å². The van der Waals surface area contributed by atoms with Gasteiger partial charge in [0.25, 0.3) is 0 Å². The highest BCUT2D eigenvalue weighted by Gasteiger charge is 2.16. The van der Waals surface area contributed by atoms with Gasteiger partial charge in [0.15, 0.2) is 0 Å². The molecule has 0 saturated heterocycles. The van der Waals surface area contributed by atoms with E-state index in [4.69, 9.17) is 11.0 Å². The zero-order chi connectivity index (χ0) is 12.8. The number of anilines is 1. The summed E-state index contributed by atoms with van der Waals surface area (Å²) in [4.78, 5) is 11.9. The van der Waals surface area contributed by atoms with Gasteiger partial charge in [-0.05, 0) is 25.0 Å². The van der Waals surface area contributed by atoms with Crippen LogP contribution in [0.15, 0.2) is 18.2 Å². The SMILES string of the molecule is CCC(CN)C(=O)Nc1cccc(C)c1C#N. The van der Waals surface area contributed by atoms with Crippen LogP contribution in [0.5, 0.6) is 0 Å².